The molecule has 1 atom stereocenters. The third-order valence-corrected chi connectivity index (χ3v) is 6.79. The molecule has 0 radical (unpaired) electrons. The third kappa shape index (κ3) is 7.63. The summed E-state index contributed by atoms with van der Waals surface area (Å²) in [5, 5.41) is 2.79. The Kier molecular flexibility index (Phi) is 9.55. The second kappa shape index (κ2) is 12.8. The standard InChI is InChI=1S/C28H31N3O4S/c1-3-19-29-28(33)27(25-17-11-6-12-18-25)31(21-24-15-9-5-10-16-24)26(32)22-30(36(2,34)35)20-23-13-7-4-8-14-23/h3-18,27H,1,19-22H2,2H3,(H,29,33)/t27-/m0/s1. The zero-order valence-corrected chi connectivity index (χ0v) is 21.1. The van der Waals surface area contributed by atoms with Gasteiger partial charge in [-0.1, -0.05) is 97.1 Å². The van der Waals surface area contributed by atoms with Crippen LogP contribution in [0.2, 0.25) is 0 Å². The van der Waals surface area contributed by atoms with Crippen LogP contribution < -0.4 is 5.32 Å². The number of nitrogens with one attached hydrogen (secondary N) is 1. The number of rotatable bonds is 12. The highest BCUT2D eigenvalue weighted by Crippen LogP contribution is 2.25. The SMILES string of the molecule is C=CCNC(=O)[C@H](c1ccccc1)N(Cc1ccccc1)C(=O)CN(Cc1ccccc1)S(C)(=O)=O. The predicted octanol–water partition coefficient (Wildman–Crippen LogP) is 3.52. The van der Waals surface area contributed by atoms with Gasteiger partial charge in [0.2, 0.25) is 21.8 Å². The molecule has 0 aliphatic carbocycles. The number of nitrogens with zero attached hydrogens (tertiary/aromatic N) is 2. The minimum absolute atomic E-state index is 0.0449. The molecule has 0 unspecified atom stereocenters. The number of carbonyl (C=O) groups is 2. The molecular weight excluding hydrogens is 474 g/mol. The first-order chi connectivity index (χ1) is 17.3. The summed E-state index contributed by atoms with van der Waals surface area (Å²) in [4.78, 5) is 28.6. The fourth-order valence-corrected chi connectivity index (χ4v) is 4.53. The van der Waals surface area contributed by atoms with Crippen LogP contribution in [0.1, 0.15) is 22.7 Å². The van der Waals surface area contributed by atoms with Gasteiger partial charge in [-0.3, -0.25) is 9.59 Å². The average molecular weight is 506 g/mol. The topological polar surface area (TPSA) is 86.8 Å². The van der Waals surface area contributed by atoms with E-state index in [9.17, 15) is 18.0 Å². The molecule has 0 aliphatic heterocycles. The molecule has 2 amide bonds. The quantitative estimate of drug-likeness (QED) is 0.382. The average Bonchev–Trinajstić information content (AvgIpc) is 2.88. The number of hydrogen-bond acceptors (Lipinski definition) is 4. The molecule has 0 saturated carbocycles. The minimum Gasteiger partial charge on any atom is -0.351 e. The molecule has 188 valence electrons. The molecule has 3 aromatic rings. The van der Waals surface area contributed by atoms with E-state index in [-0.39, 0.29) is 25.5 Å². The van der Waals surface area contributed by atoms with E-state index in [4.69, 9.17) is 0 Å². The summed E-state index contributed by atoms with van der Waals surface area (Å²) in [5.41, 5.74) is 2.20. The van der Waals surface area contributed by atoms with Gasteiger partial charge in [0, 0.05) is 19.6 Å². The van der Waals surface area contributed by atoms with Crippen molar-refractivity contribution in [3.8, 4) is 0 Å². The maximum Gasteiger partial charge on any atom is 0.247 e. The molecule has 0 heterocycles. The van der Waals surface area contributed by atoms with E-state index in [1.165, 1.54) is 4.90 Å². The van der Waals surface area contributed by atoms with Crippen LogP contribution in [-0.4, -0.2) is 48.8 Å². The first-order valence-corrected chi connectivity index (χ1v) is 13.4. The van der Waals surface area contributed by atoms with E-state index in [2.05, 4.69) is 11.9 Å². The molecule has 0 aliphatic rings. The molecule has 7 nitrogen and oxygen atoms in total. The van der Waals surface area contributed by atoms with Gasteiger partial charge in [0.25, 0.3) is 0 Å². The van der Waals surface area contributed by atoms with Crippen molar-refractivity contribution < 1.29 is 18.0 Å². The van der Waals surface area contributed by atoms with Gasteiger partial charge in [0.15, 0.2) is 0 Å². The minimum atomic E-state index is -3.72. The van der Waals surface area contributed by atoms with E-state index in [1.54, 1.807) is 42.5 Å². The van der Waals surface area contributed by atoms with Gasteiger partial charge >= 0.3 is 0 Å². The fraction of sp³-hybridized carbons (Fsp3) is 0.214. The smallest absolute Gasteiger partial charge is 0.247 e. The maximum atomic E-state index is 13.8. The van der Waals surface area contributed by atoms with Crippen LogP contribution in [0.3, 0.4) is 0 Å². The van der Waals surface area contributed by atoms with Crippen molar-refractivity contribution in [2.24, 2.45) is 0 Å². The fourth-order valence-electron chi connectivity index (χ4n) is 3.80. The summed E-state index contributed by atoms with van der Waals surface area (Å²) in [7, 11) is -3.72. The Morgan fingerprint density at radius 3 is 1.86 bits per heavy atom. The lowest BCUT2D eigenvalue weighted by Crippen LogP contribution is -2.47. The van der Waals surface area contributed by atoms with Crippen LogP contribution in [0.5, 0.6) is 0 Å². The Hall–Kier alpha value is -3.75. The van der Waals surface area contributed by atoms with Crippen LogP contribution in [-0.2, 0) is 32.7 Å². The molecule has 3 rings (SSSR count). The molecule has 0 bridgehead atoms. The summed E-state index contributed by atoms with van der Waals surface area (Å²) in [6.45, 7) is 3.65. The second-order valence-corrected chi connectivity index (χ2v) is 10.4. The molecule has 0 fully saturated rings. The summed E-state index contributed by atoms with van der Waals surface area (Å²) in [6, 6.07) is 26.4. The van der Waals surface area contributed by atoms with Crippen molar-refractivity contribution in [3.05, 3.63) is 120 Å². The monoisotopic (exact) mass is 505 g/mol. The lowest BCUT2D eigenvalue weighted by molar-refractivity contribution is -0.141. The van der Waals surface area contributed by atoms with E-state index in [1.807, 2.05) is 54.6 Å². The number of carbonyl (C=O) groups excluding carboxylic acids is 2. The van der Waals surface area contributed by atoms with E-state index in [0.29, 0.717) is 5.56 Å². The molecule has 0 saturated heterocycles. The Morgan fingerprint density at radius 1 is 0.861 bits per heavy atom. The molecule has 36 heavy (non-hydrogen) atoms. The number of amides is 2. The first-order valence-electron chi connectivity index (χ1n) is 11.6. The van der Waals surface area contributed by atoms with Crippen molar-refractivity contribution in [1.82, 2.24) is 14.5 Å². The summed E-state index contributed by atoms with van der Waals surface area (Å²) < 4.78 is 26.4. The van der Waals surface area contributed by atoms with Gasteiger partial charge in [-0.15, -0.1) is 6.58 Å². The normalized spacial score (nSPS) is 12.1. The van der Waals surface area contributed by atoms with Crippen LogP contribution in [0.15, 0.2) is 104 Å². The molecule has 8 heteroatoms. The molecule has 0 aromatic heterocycles. The predicted molar refractivity (Wildman–Crippen MR) is 141 cm³/mol. The Balaban J connectivity index is 2.00. The van der Waals surface area contributed by atoms with Crippen molar-refractivity contribution in [1.29, 1.82) is 0 Å². The van der Waals surface area contributed by atoms with Gasteiger partial charge in [0.05, 0.1) is 12.8 Å². The third-order valence-electron chi connectivity index (χ3n) is 5.59. The van der Waals surface area contributed by atoms with Crippen LogP contribution in [0.4, 0.5) is 0 Å². The van der Waals surface area contributed by atoms with Crippen molar-refractivity contribution in [3.63, 3.8) is 0 Å². The Morgan fingerprint density at radius 2 is 1.36 bits per heavy atom. The zero-order valence-electron chi connectivity index (χ0n) is 20.3. The molecular formula is C28H31N3O4S. The van der Waals surface area contributed by atoms with Gasteiger partial charge in [-0.25, -0.2) is 8.42 Å². The number of hydrogen-bond donors (Lipinski definition) is 1. The lowest BCUT2D eigenvalue weighted by atomic mass is 10.0. The summed E-state index contributed by atoms with van der Waals surface area (Å²) in [6.07, 6.45) is 2.64. The van der Waals surface area contributed by atoms with Gasteiger partial charge < -0.3 is 10.2 Å². The Labute approximate surface area is 213 Å². The van der Waals surface area contributed by atoms with Crippen LogP contribution in [0.25, 0.3) is 0 Å². The van der Waals surface area contributed by atoms with Gasteiger partial charge in [-0.05, 0) is 16.7 Å². The highest BCUT2D eigenvalue weighted by Gasteiger charge is 2.33. The highest BCUT2D eigenvalue weighted by molar-refractivity contribution is 7.88. The van der Waals surface area contributed by atoms with Gasteiger partial charge in [0.1, 0.15) is 6.04 Å². The first kappa shape index (κ1) is 26.8. The number of benzene rings is 3. The second-order valence-electron chi connectivity index (χ2n) is 8.37. The van der Waals surface area contributed by atoms with E-state index in [0.717, 1.165) is 21.7 Å². The van der Waals surface area contributed by atoms with Crippen LogP contribution in [0, 0.1) is 0 Å². The van der Waals surface area contributed by atoms with E-state index < -0.39 is 28.5 Å². The maximum absolute atomic E-state index is 13.8. The van der Waals surface area contributed by atoms with Crippen molar-refractivity contribution in [2.75, 3.05) is 19.3 Å². The highest BCUT2D eigenvalue weighted by atomic mass is 32.2. The number of sulfonamides is 1. The summed E-state index contributed by atoms with van der Waals surface area (Å²) in [5.74, 6) is -0.859. The summed E-state index contributed by atoms with van der Waals surface area (Å²) >= 11 is 0. The zero-order chi connectivity index (χ0) is 26.0. The molecule has 0 spiro atoms. The molecule has 1 N–H and O–H groups in total. The molecule has 3 aromatic carbocycles. The van der Waals surface area contributed by atoms with Crippen molar-refractivity contribution >= 4 is 21.8 Å². The largest absolute Gasteiger partial charge is 0.351 e. The van der Waals surface area contributed by atoms with E-state index >= 15 is 0 Å². The van der Waals surface area contributed by atoms with Gasteiger partial charge in [-0.2, -0.15) is 4.31 Å². The Bertz CT molecular complexity index is 1250. The lowest BCUT2D eigenvalue weighted by Gasteiger charge is -2.33. The van der Waals surface area contributed by atoms with Crippen LogP contribution >= 0.6 is 0 Å². The van der Waals surface area contributed by atoms with Crippen molar-refractivity contribution in [2.45, 2.75) is 19.1 Å².